The summed E-state index contributed by atoms with van der Waals surface area (Å²) in [6.45, 7) is 0.594. The van der Waals surface area contributed by atoms with Gasteiger partial charge >= 0.3 is 0 Å². The molecule has 23 heavy (non-hydrogen) atoms. The number of hydrogen-bond donors (Lipinski definition) is 2. The lowest BCUT2D eigenvalue weighted by atomic mass is 10.0. The minimum Gasteiger partial charge on any atom is -0.467 e. The lowest BCUT2D eigenvalue weighted by Gasteiger charge is -2.15. The molecule has 2 amide bonds. The molecule has 0 atom stereocenters. The largest absolute Gasteiger partial charge is 0.467 e. The van der Waals surface area contributed by atoms with Crippen molar-refractivity contribution >= 4 is 23.4 Å². The van der Waals surface area contributed by atoms with Gasteiger partial charge in [-0.05, 0) is 36.6 Å². The molecule has 1 aromatic carbocycles. The third-order valence-corrected chi connectivity index (χ3v) is 4.39. The maximum Gasteiger partial charge on any atom is 0.236 e. The van der Waals surface area contributed by atoms with E-state index in [1.54, 1.807) is 24.5 Å². The van der Waals surface area contributed by atoms with Gasteiger partial charge in [-0.15, -0.1) is 0 Å². The molecular formula is C17H17ClN2O3. The van der Waals surface area contributed by atoms with Crippen LogP contribution in [0, 0.1) is 5.41 Å². The Kier molecular flexibility index (Phi) is 4.39. The molecule has 3 rings (SSSR count). The molecule has 120 valence electrons. The summed E-state index contributed by atoms with van der Waals surface area (Å²) in [5, 5.41) is 6.16. The van der Waals surface area contributed by atoms with Gasteiger partial charge < -0.3 is 15.1 Å². The highest BCUT2D eigenvalue weighted by Crippen LogP contribution is 2.46. The molecule has 5 nitrogen and oxygen atoms in total. The van der Waals surface area contributed by atoms with Crippen molar-refractivity contribution in [2.24, 2.45) is 5.41 Å². The van der Waals surface area contributed by atoms with Gasteiger partial charge in [0.25, 0.3) is 0 Å². The molecule has 1 heterocycles. The zero-order chi connectivity index (χ0) is 16.3. The van der Waals surface area contributed by atoms with Gasteiger partial charge in [0.05, 0.1) is 12.8 Å². The van der Waals surface area contributed by atoms with E-state index in [4.69, 9.17) is 16.0 Å². The summed E-state index contributed by atoms with van der Waals surface area (Å²) < 4.78 is 5.17. The average Bonchev–Trinajstić information content (AvgIpc) is 3.21. The summed E-state index contributed by atoms with van der Waals surface area (Å²) in [7, 11) is 0. The molecule has 0 unspecified atom stereocenters. The second-order valence-corrected chi connectivity index (χ2v) is 6.03. The van der Waals surface area contributed by atoms with Crippen LogP contribution in [0.1, 0.15) is 24.2 Å². The molecule has 1 fully saturated rings. The first-order valence-corrected chi connectivity index (χ1v) is 7.82. The third-order valence-electron chi connectivity index (χ3n) is 4.02. The van der Waals surface area contributed by atoms with E-state index in [0.717, 1.165) is 5.56 Å². The van der Waals surface area contributed by atoms with Crippen LogP contribution in [-0.4, -0.2) is 11.8 Å². The van der Waals surface area contributed by atoms with E-state index in [1.807, 2.05) is 18.2 Å². The number of amides is 2. The number of halogens is 1. The van der Waals surface area contributed by atoms with Gasteiger partial charge in [-0.1, -0.05) is 29.8 Å². The lowest BCUT2D eigenvalue weighted by Crippen LogP contribution is -2.42. The van der Waals surface area contributed by atoms with Crippen LogP contribution in [0.25, 0.3) is 0 Å². The SMILES string of the molecule is O=C(NCc1ccco1)C1(C(=O)NCc2ccccc2Cl)CC1. The quantitative estimate of drug-likeness (QED) is 0.799. The summed E-state index contributed by atoms with van der Waals surface area (Å²) in [5.41, 5.74) is -0.122. The first-order valence-electron chi connectivity index (χ1n) is 7.44. The zero-order valence-electron chi connectivity index (χ0n) is 12.5. The van der Waals surface area contributed by atoms with Gasteiger partial charge in [0.2, 0.25) is 11.8 Å². The fraction of sp³-hybridized carbons (Fsp3) is 0.294. The van der Waals surface area contributed by atoms with Gasteiger partial charge in [0, 0.05) is 11.6 Å². The summed E-state index contributed by atoms with van der Waals surface area (Å²) in [5.74, 6) is 0.144. The molecule has 0 bridgehead atoms. The van der Waals surface area contributed by atoms with Gasteiger partial charge in [0.1, 0.15) is 11.2 Å². The van der Waals surface area contributed by atoms with Crippen LogP contribution in [0.5, 0.6) is 0 Å². The molecule has 1 aliphatic carbocycles. The Morgan fingerprint density at radius 1 is 1.04 bits per heavy atom. The molecule has 2 N–H and O–H groups in total. The van der Waals surface area contributed by atoms with Gasteiger partial charge in [-0.2, -0.15) is 0 Å². The maximum atomic E-state index is 12.4. The van der Waals surface area contributed by atoms with Crippen LogP contribution in [0.4, 0.5) is 0 Å². The number of benzene rings is 1. The third kappa shape index (κ3) is 3.40. The Labute approximate surface area is 139 Å². The van der Waals surface area contributed by atoms with Crippen molar-refractivity contribution in [2.75, 3.05) is 0 Å². The minimum atomic E-state index is -0.951. The number of carbonyl (C=O) groups is 2. The Bertz CT molecular complexity index is 708. The number of furan rings is 1. The molecule has 0 spiro atoms. The molecule has 1 aliphatic rings. The van der Waals surface area contributed by atoms with E-state index in [9.17, 15) is 9.59 Å². The molecule has 0 radical (unpaired) electrons. The first kappa shape index (κ1) is 15.6. The average molecular weight is 333 g/mol. The van der Waals surface area contributed by atoms with E-state index in [2.05, 4.69) is 10.6 Å². The molecule has 0 saturated heterocycles. The van der Waals surface area contributed by atoms with Crippen molar-refractivity contribution in [2.45, 2.75) is 25.9 Å². The molecular weight excluding hydrogens is 316 g/mol. The van der Waals surface area contributed by atoms with Crippen LogP contribution in [-0.2, 0) is 22.7 Å². The van der Waals surface area contributed by atoms with E-state index in [1.165, 1.54) is 0 Å². The summed E-state index contributed by atoms with van der Waals surface area (Å²) in [4.78, 5) is 24.7. The Balaban J connectivity index is 1.55. The standard InChI is InChI=1S/C17H17ClN2O3/c18-14-6-2-1-4-12(14)10-19-15(21)17(7-8-17)16(22)20-11-13-5-3-9-23-13/h1-6,9H,7-8,10-11H2,(H,19,21)(H,20,22). The normalized spacial score (nSPS) is 15.0. The van der Waals surface area contributed by atoms with Crippen molar-refractivity contribution in [3.05, 3.63) is 59.0 Å². The first-order chi connectivity index (χ1) is 11.1. The second kappa shape index (κ2) is 6.46. The zero-order valence-corrected chi connectivity index (χ0v) is 13.2. The van der Waals surface area contributed by atoms with E-state index >= 15 is 0 Å². The highest BCUT2D eigenvalue weighted by molar-refractivity contribution is 6.31. The predicted molar refractivity (Wildman–Crippen MR) is 85.5 cm³/mol. The minimum absolute atomic E-state index is 0.255. The lowest BCUT2D eigenvalue weighted by molar-refractivity contribution is -0.137. The molecule has 1 aromatic heterocycles. The van der Waals surface area contributed by atoms with Crippen molar-refractivity contribution < 1.29 is 14.0 Å². The molecule has 6 heteroatoms. The Morgan fingerprint density at radius 3 is 2.35 bits per heavy atom. The van der Waals surface area contributed by atoms with Gasteiger partial charge in [-0.3, -0.25) is 9.59 Å². The number of hydrogen-bond acceptors (Lipinski definition) is 3. The van der Waals surface area contributed by atoms with E-state index < -0.39 is 5.41 Å². The van der Waals surface area contributed by atoms with Crippen LogP contribution in [0.3, 0.4) is 0 Å². The molecule has 0 aliphatic heterocycles. The van der Waals surface area contributed by atoms with Crippen LogP contribution >= 0.6 is 11.6 Å². The van der Waals surface area contributed by atoms with Crippen molar-refractivity contribution in [3.8, 4) is 0 Å². The Hall–Kier alpha value is -2.27. The molecule has 1 saturated carbocycles. The smallest absolute Gasteiger partial charge is 0.236 e. The summed E-state index contributed by atoms with van der Waals surface area (Å²) >= 11 is 6.07. The fourth-order valence-electron chi connectivity index (χ4n) is 2.42. The number of rotatable bonds is 6. The second-order valence-electron chi connectivity index (χ2n) is 5.62. The maximum absolute atomic E-state index is 12.4. The van der Waals surface area contributed by atoms with Crippen LogP contribution < -0.4 is 10.6 Å². The van der Waals surface area contributed by atoms with E-state index in [0.29, 0.717) is 30.2 Å². The Morgan fingerprint density at radius 2 is 1.74 bits per heavy atom. The predicted octanol–water partition coefficient (Wildman–Crippen LogP) is 2.65. The number of nitrogens with one attached hydrogen (secondary N) is 2. The van der Waals surface area contributed by atoms with Crippen molar-refractivity contribution in [1.82, 2.24) is 10.6 Å². The summed E-state index contributed by atoms with van der Waals surface area (Å²) in [6.07, 6.45) is 2.67. The highest BCUT2D eigenvalue weighted by Gasteiger charge is 2.56. The van der Waals surface area contributed by atoms with Crippen LogP contribution in [0.15, 0.2) is 47.1 Å². The van der Waals surface area contributed by atoms with Crippen molar-refractivity contribution in [3.63, 3.8) is 0 Å². The van der Waals surface area contributed by atoms with Gasteiger partial charge in [0.15, 0.2) is 0 Å². The fourth-order valence-corrected chi connectivity index (χ4v) is 2.62. The topological polar surface area (TPSA) is 71.3 Å². The van der Waals surface area contributed by atoms with Crippen LogP contribution in [0.2, 0.25) is 5.02 Å². The summed E-state index contributed by atoms with van der Waals surface area (Å²) in [6, 6.07) is 10.8. The monoisotopic (exact) mass is 332 g/mol. The highest BCUT2D eigenvalue weighted by atomic mass is 35.5. The molecule has 2 aromatic rings. The van der Waals surface area contributed by atoms with Crippen molar-refractivity contribution in [1.29, 1.82) is 0 Å². The number of carbonyl (C=O) groups excluding carboxylic acids is 2. The van der Waals surface area contributed by atoms with Gasteiger partial charge in [-0.25, -0.2) is 0 Å². The van der Waals surface area contributed by atoms with E-state index in [-0.39, 0.29) is 18.4 Å².